The van der Waals surface area contributed by atoms with Gasteiger partial charge in [-0.2, -0.15) is 0 Å². The van der Waals surface area contributed by atoms with Crippen molar-refractivity contribution in [2.45, 2.75) is 6.54 Å². The van der Waals surface area contributed by atoms with Crippen molar-refractivity contribution in [2.75, 3.05) is 14.2 Å². The fourth-order valence-corrected chi connectivity index (χ4v) is 2.39. The van der Waals surface area contributed by atoms with Crippen molar-refractivity contribution in [1.82, 2.24) is 9.88 Å². The Morgan fingerprint density at radius 3 is 2.57 bits per heavy atom. The van der Waals surface area contributed by atoms with E-state index in [0.717, 1.165) is 5.69 Å². The number of aromatic nitrogens is 1. The maximum Gasteiger partial charge on any atom is 0.259 e. The van der Waals surface area contributed by atoms with Gasteiger partial charge in [0.25, 0.3) is 5.91 Å². The van der Waals surface area contributed by atoms with E-state index in [9.17, 15) is 4.79 Å². The van der Waals surface area contributed by atoms with Crippen molar-refractivity contribution >= 4 is 29.1 Å². The molecule has 1 aromatic heterocycles. The summed E-state index contributed by atoms with van der Waals surface area (Å²) < 4.78 is 5.20. The number of amides is 1. The molecule has 0 atom stereocenters. The first-order valence-corrected chi connectivity index (χ1v) is 6.97. The molecule has 21 heavy (non-hydrogen) atoms. The first-order chi connectivity index (χ1) is 10.0. The number of carbonyl (C=O) groups is 1. The van der Waals surface area contributed by atoms with E-state index >= 15 is 0 Å². The number of hydrogen-bond donors (Lipinski definition) is 0. The van der Waals surface area contributed by atoms with Crippen LogP contribution in [-0.2, 0) is 6.54 Å². The third-order valence-electron chi connectivity index (χ3n) is 2.95. The summed E-state index contributed by atoms with van der Waals surface area (Å²) >= 11 is 12.2. The molecular weight excluding hydrogens is 311 g/mol. The molecule has 4 nitrogen and oxygen atoms in total. The number of halogens is 2. The van der Waals surface area contributed by atoms with E-state index in [1.807, 2.05) is 18.2 Å². The molecule has 0 radical (unpaired) electrons. The van der Waals surface area contributed by atoms with Crippen LogP contribution in [0.4, 0.5) is 0 Å². The highest BCUT2D eigenvalue weighted by molar-refractivity contribution is 6.37. The molecule has 1 heterocycles. The molecular formula is C15H14Cl2N2O2. The van der Waals surface area contributed by atoms with E-state index < -0.39 is 0 Å². The van der Waals surface area contributed by atoms with E-state index in [0.29, 0.717) is 16.6 Å². The molecule has 1 aromatic carbocycles. The van der Waals surface area contributed by atoms with Crippen LogP contribution in [0.5, 0.6) is 5.75 Å². The Bertz CT molecular complexity index is 648. The van der Waals surface area contributed by atoms with Gasteiger partial charge < -0.3 is 9.64 Å². The van der Waals surface area contributed by atoms with Gasteiger partial charge >= 0.3 is 0 Å². The van der Waals surface area contributed by atoms with Gasteiger partial charge in [0.1, 0.15) is 5.56 Å². The minimum absolute atomic E-state index is 0.255. The molecule has 110 valence electrons. The SMILES string of the molecule is COc1c(Cl)ccc(Cl)c1C(=O)N(C)Cc1ccccn1. The van der Waals surface area contributed by atoms with Crippen LogP contribution in [0.2, 0.25) is 10.0 Å². The number of pyridine rings is 1. The van der Waals surface area contributed by atoms with Crippen molar-refractivity contribution in [3.63, 3.8) is 0 Å². The molecule has 0 aliphatic rings. The molecule has 2 aromatic rings. The van der Waals surface area contributed by atoms with Crippen molar-refractivity contribution in [3.05, 3.63) is 57.8 Å². The Hall–Kier alpha value is -1.78. The number of carbonyl (C=O) groups excluding carboxylic acids is 1. The normalized spacial score (nSPS) is 10.3. The van der Waals surface area contributed by atoms with Gasteiger partial charge in [0.05, 0.1) is 29.4 Å². The zero-order valence-electron chi connectivity index (χ0n) is 11.6. The van der Waals surface area contributed by atoms with Gasteiger partial charge in [-0.15, -0.1) is 0 Å². The number of hydrogen-bond acceptors (Lipinski definition) is 3. The number of methoxy groups -OCH3 is 1. The predicted molar refractivity (Wildman–Crippen MR) is 83.0 cm³/mol. The van der Waals surface area contributed by atoms with Crippen LogP contribution in [0.3, 0.4) is 0 Å². The molecule has 0 unspecified atom stereocenters. The monoisotopic (exact) mass is 324 g/mol. The van der Waals surface area contributed by atoms with Gasteiger partial charge in [-0.05, 0) is 24.3 Å². The van der Waals surface area contributed by atoms with Gasteiger partial charge in [0.2, 0.25) is 0 Å². The lowest BCUT2D eigenvalue weighted by Gasteiger charge is -2.19. The summed E-state index contributed by atoms with van der Waals surface area (Å²) in [6.45, 7) is 0.367. The molecule has 6 heteroatoms. The highest BCUT2D eigenvalue weighted by atomic mass is 35.5. The summed E-state index contributed by atoms with van der Waals surface area (Å²) in [5, 5.41) is 0.644. The van der Waals surface area contributed by atoms with E-state index in [-0.39, 0.29) is 17.2 Å². The summed E-state index contributed by atoms with van der Waals surface area (Å²) in [7, 11) is 3.13. The van der Waals surface area contributed by atoms with Gasteiger partial charge in [0, 0.05) is 13.2 Å². The number of rotatable bonds is 4. The fourth-order valence-electron chi connectivity index (χ4n) is 1.93. The Morgan fingerprint density at radius 2 is 1.95 bits per heavy atom. The highest BCUT2D eigenvalue weighted by Gasteiger charge is 2.22. The Morgan fingerprint density at radius 1 is 1.24 bits per heavy atom. The van der Waals surface area contributed by atoms with E-state index in [1.54, 1.807) is 25.4 Å². The molecule has 0 bridgehead atoms. The van der Waals surface area contributed by atoms with Crippen LogP contribution < -0.4 is 4.74 Å². The van der Waals surface area contributed by atoms with Crippen LogP contribution >= 0.6 is 23.2 Å². The van der Waals surface area contributed by atoms with Crippen LogP contribution in [0.25, 0.3) is 0 Å². The standard InChI is InChI=1S/C15H14Cl2N2O2/c1-19(9-10-5-3-4-8-18-10)15(20)13-11(16)6-7-12(17)14(13)21-2/h3-8H,9H2,1-2H3. The van der Waals surface area contributed by atoms with Crippen molar-refractivity contribution < 1.29 is 9.53 Å². The zero-order chi connectivity index (χ0) is 15.4. The maximum atomic E-state index is 12.6. The second-order valence-corrected chi connectivity index (χ2v) is 5.23. The van der Waals surface area contributed by atoms with Gasteiger partial charge in [-0.25, -0.2) is 0 Å². The van der Waals surface area contributed by atoms with E-state index in [4.69, 9.17) is 27.9 Å². The lowest BCUT2D eigenvalue weighted by Crippen LogP contribution is -2.27. The summed E-state index contributed by atoms with van der Waals surface area (Å²) in [6.07, 6.45) is 1.68. The smallest absolute Gasteiger partial charge is 0.259 e. The van der Waals surface area contributed by atoms with E-state index in [1.165, 1.54) is 12.0 Å². The minimum Gasteiger partial charge on any atom is -0.494 e. The molecule has 1 amide bonds. The molecule has 0 saturated carbocycles. The first-order valence-electron chi connectivity index (χ1n) is 6.22. The highest BCUT2D eigenvalue weighted by Crippen LogP contribution is 2.34. The summed E-state index contributed by atoms with van der Waals surface area (Å²) in [6, 6.07) is 8.71. The minimum atomic E-state index is -0.273. The lowest BCUT2D eigenvalue weighted by atomic mass is 10.1. The zero-order valence-corrected chi connectivity index (χ0v) is 13.1. The van der Waals surface area contributed by atoms with Crippen LogP contribution in [0.1, 0.15) is 16.1 Å². The second-order valence-electron chi connectivity index (χ2n) is 4.42. The number of ether oxygens (including phenoxy) is 1. The first kappa shape index (κ1) is 15.6. The Labute approximate surface area is 133 Å². The average molecular weight is 325 g/mol. The molecule has 0 aliphatic carbocycles. The van der Waals surface area contributed by atoms with Crippen molar-refractivity contribution in [3.8, 4) is 5.75 Å². The van der Waals surface area contributed by atoms with Crippen LogP contribution in [0, 0.1) is 0 Å². The Kier molecular flexibility index (Phi) is 5.04. The predicted octanol–water partition coefficient (Wildman–Crippen LogP) is 3.67. The van der Waals surface area contributed by atoms with Crippen molar-refractivity contribution in [1.29, 1.82) is 0 Å². The molecule has 2 rings (SSSR count). The molecule has 0 aliphatic heterocycles. The summed E-state index contributed by atoms with van der Waals surface area (Å²) in [5.41, 5.74) is 1.04. The molecule has 0 fully saturated rings. The molecule has 0 spiro atoms. The average Bonchev–Trinajstić information content (AvgIpc) is 2.49. The van der Waals surface area contributed by atoms with Gasteiger partial charge in [0.15, 0.2) is 5.75 Å². The number of benzene rings is 1. The maximum absolute atomic E-state index is 12.6. The summed E-state index contributed by atoms with van der Waals surface area (Å²) in [5.74, 6) is 0.00652. The third kappa shape index (κ3) is 3.46. The van der Waals surface area contributed by atoms with Crippen LogP contribution in [0.15, 0.2) is 36.5 Å². The Balaban J connectivity index is 2.30. The number of nitrogens with zero attached hydrogens (tertiary/aromatic N) is 2. The molecule has 0 N–H and O–H groups in total. The van der Waals surface area contributed by atoms with Gasteiger partial charge in [-0.3, -0.25) is 9.78 Å². The largest absolute Gasteiger partial charge is 0.494 e. The topological polar surface area (TPSA) is 42.4 Å². The fraction of sp³-hybridized carbons (Fsp3) is 0.200. The van der Waals surface area contributed by atoms with Crippen LogP contribution in [-0.4, -0.2) is 29.9 Å². The lowest BCUT2D eigenvalue weighted by molar-refractivity contribution is 0.0780. The second kappa shape index (κ2) is 6.78. The summed E-state index contributed by atoms with van der Waals surface area (Å²) in [4.78, 5) is 18.3. The molecule has 0 saturated heterocycles. The van der Waals surface area contributed by atoms with Gasteiger partial charge in [-0.1, -0.05) is 29.3 Å². The van der Waals surface area contributed by atoms with Crippen molar-refractivity contribution in [2.24, 2.45) is 0 Å². The quantitative estimate of drug-likeness (QED) is 0.861. The third-order valence-corrected chi connectivity index (χ3v) is 3.56. The van der Waals surface area contributed by atoms with E-state index in [2.05, 4.69) is 4.98 Å².